The Hall–Kier alpha value is -0.200. The van der Waals surface area contributed by atoms with Gasteiger partial charge in [-0.2, -0.15) is 0 Å². The first-order chi connectivity index (χ1) is 14.0. The van der Waals surface area contributed by atoms with E-state index in [2.05, 4.69) is 63.4 Å². The lowest BCUT2D eigenvalue weighted by Gasteiger charge is -2.50. The van der Waals surface area contributed by atoms with Crippen LogP contribution in [-0.4, -0.2) is 97.0 Å². The second kappa shape index (κ2) is 9.74. The normalized spacial score (nSPS) is 28.8. The maximum absolute atomic E-state index is 6.81. The second-order valence-corrected chi connectivity index (χ2v) is 11.9. The minimum absolute atomic E-state index is 0.0629. The lowest BCUT2D eigenvalue weighted by Crippen LogP contribution is -2.57. The van der Waals surface area contributed by atoms with E-state index in [0.717, 1.165) is 19.6 Å². The molecule has 0 radical (unpaired) electrons. The Balaban J connectivity index is 1.49. The molecule has 1 saturated heterocycles. The van der Waals surface area contributed by atoms with E-state index in [1.807, 2.05) is 0 Å². The maximum Gasteiger partial charge on any atom is 0.0737 e. The molecule has 1 heterocycles. The molecule has 2 atom stereocenters. The summed E-state index contributed by atoms with van der Waals surface area (Å²) >= 11 is 0. The fourth-order valence-electron chi connectivity index (χ4n) is 5.33. The number of nitrogens with zero attached hydrogens (tertiary/aromatic N) is 3. The van der Waals surface area contributed by atoms with Crippen molar-refractivity contribution in [3.8, 4) is 0 Å². The van der Waals surface area contributed by atoms with E-state index in [-0.39, 0.29) is 16.7 Å². The summed E-state index contributed by atoms with van der Waals surface area (Å²) in [5.74, 6) is 0. The summed E-state index contributed by atoms with van der Waals surface area (Å²) in [6, 6.07) is 0.619. The van der Waals surface area contributed by atoms with Gasteiger partial charge in [-0.1, -0.05) is 0 Å². The summed E-state index contributed by atoms with van der Waals surface area (Å²) in [5.41, 5.74) is 0.0928. The van der Waals surface area contributed by atoms with Crippen molar-refractivity contribution in [1.82, 2.24) is 14.7 Å². The molecule has 3 rings (SSSR count). The van der Waals surface area contributed by atoms with Crippen LogP contribution in [0.5, 0.6) is 0 Å². The van der Waals surface area contributed by atoms with Crippen molar-refractivity contribution in [2.75, 3.05) is 53.4 Å². The van der Waals surface area contributed by atoms with Crippen LogP contribution in [0.4, 0.5) is 0 Å². The average Bonchev–Trinajstić information content (AvgIpc) is 3.06. The molecular formula is C25H49N3O2. The second-order valence-electron chi connectivity index (χ2n) is 11.9. The highest BCUT2D eigenvalue weighted by molar-refractivity contribution is 4.98. The highest BCUT2D eigenvalue weighted by Gasteiger charge is 2.43. The van der Waals surface area contributed by atoms with E-state index in [4.69, 9.17) is 9.47 Å². The molecule has 3 aliphatic rings. The van der Waals surface area contributed by atoms with Gasteiger partial charge < -0.3 is 14.4 Å². The van der Waals surface area contributed by atoms with Crippen molar-refractivity contribution in [3.63, 3.8) is 0 Å². The predicted molar refractivity (Wildman–Crippen MR) is 125 cm³/mol. The van der Waals surface area contributed by atoms with Crippen molar-refractivity contribution in [3.05, 3.63) is 0 Å². The van der Waals surface area contributed by atoms with Gasteiger partial charge in [0, 0.05) is 44.3 Å². The monoisotopic (exact) mass is 423 g/mol. The van der Waals surface area contributed by atoms with Crippen LogP contribution < -0.4 is 0 Å². The highest BCUT2D eigenvalue weighted by Crippen LogP contribution is 2.39. The van der Waals surface area contributed by atoms with Crippen molar-refractivity contribution in [1.29, 1.82) is 0 Å². The van der Waals surface area contributed by atoms with Crippen LogP contribution >= 0.6 is 0 Å². The van der Waals surface area contributed by atoms with Crippen LogP contribution in [0.3, 0.4) is 0 Å². The Kier molecular flexibility index (Phi) is 7.94. The quantitative estimate of drug-likeness (QED) is 0.559. The largest absolute Gasteiger partial charge is 0.374 e. The van der Waals surface area contributed by atoms with Gasteiger partial charge in [0.1, 0.15) is 0 Å². The van der Waals surface area contributed by atoms with Gasteiger partial charge in [-0.05, 0) is 93.7 Å². The lowest BCUT2D eigenvalue weighted by atomic mass is 9.75. The maximum atomic E-state index is 6.81. The molecule has 2 aliphatic carbocycles. The van der Waals surface area contributed by atoms with Crippen LogP contribution in [0, 0.1) is 0 Å². The SMILES string of the molecule is CN1CCN(C2CCCC2OC(C)(C)CCN(C)C2(COC(C)(C)C)CCC2)CC1. The summed E-state index contributed by atoms with van der Waals surface area (Å²) in [5, 5.41) is 0. The van der Waals surface area contributed by atoms with E-state index in [9.17, 15) is 0 Å². The number of hydrogen-bond donors (Lipinski definition) is 0. The van der Waals surface area contributed by atoms with Gasteiger partial charge in [0.25, 0.3) is 0 Å². The predicted octanol–water partition coefficient (Wildman–Crippen LogP) is 4.01. The van der Waals surface area contributed by atoms with Gasteiger partial charge in [-0.15, -0.1) is 0 Å². The number of hydrogen-bond acceptors (Lipinski definition) is 5. The Labute approximate surface area is 186 Å². The van der Waals surface area contributed by atoms with Crippen LogP contribution in [0.2, 0.25) is 0 Å². The Morgan fingerprint density at radius 1 is 0.967 bits per heavy atom. The summed E-state index contributed by atoms with van der Waals surface area (Å²) in [4.78, 5) is 7.72. The number of likely N-dealkylation sites (N-methyl/N-ethyl adjacent to an activating group) is 2. The molecule has 3 fully saturated rings. The number of rotatable bonds is 9. The van der Waals surface area contributed by atoms with E-state index in [1.165, 1.54) is 64.7 Å². The van der Waals surface area contributed by atoms with Crippen LogP contribution in [0.15, 0.2) is 0 Å². The lowest BCUT2D eigenvalue weighted by molar-refractivity contribution is -0.119. The summed E-state index contributed by atoms with van der Waals surface area (Å²) < 4.78 is 13.0. The average molecular weight is 424 g/mol. The molecule has 1 aliphatic heterocycles. The third kappa shape index (κ3) is 6.41. The molecule has 2 unspecified atom stereocenters. The molecule has 5 nitrogen and oxygen atoms in total. The van der Waals surface area contributed by atoms with Crippen molar-refractivity contribution in [2.24, 2.45) is 0 Å². The molecular weight excluding hydrogens is 374 g/mol. The molecule has 0 aromatic rings. The first-order valence-electron chi connectivity index (χ1n) is 12.5. The molecule has 0 N–H and O–H groups in total. The van der Waals surface area contributed by atoms with Gasteiger partial charge in [-0.3, -0.25) is 9.80 Å². The summed E-state index contributed by atoms with van der Waals surface area (Å²) in [7, 11) is 4.53. The van der Waals surface area contributed by atoms with E-state index in [0.29, 0.717) is 12.1 Å². The topological polar surface area (TPSA) is 28.2 Å². The van der Waals surface area contributed by atoms with Crippen molar-refractivity contribution in [2.45, 2.75) is 108 Å². The zero-order valence-electron chi connectivity index (χ0n) is 21.0. The highest BCUT2D eigenvalue weighted by atomic mass is 16.5. The molecule has 2 saturated carbocycles. The smallest absolute Gasteiger partial charge is 0.0737 e. The summed E-state index contributed by atoms with van der Waals surface area (Å²) in [6.07, 6.45) is 9.15. The van der Waals surface area contributed by atoms with Gasteiger partial charge >= 0.3 is 0 Å². The fraction of sp³-hybridized carbons (Fsp3) is 1.00. The molecule has 0 amide bonds. The van der Waals surface area contributed by atoms with Crippen molar-refractivity contribution < 1.29 is 9.47 Å². The van der Waals surface area contributed by atoms with E-state index in [1.54, 1.807) is 0 Å². The van der Waals surface area contributed by atoms with Gasteiger partial charge in [0.15, 0.2) is 0 Å². The molecule has 5 heteroatoms. The zero-order valence-corrected chi connectivity index (χ0v) is 21.0. The van der Waals surface area contributed by atoms with Gasteiger partial charge in [-0.25, -0.2) is 0 Å². The minimum Gasteiger partial charge on any atom is -0.374 e. The zero-order chi connectivity index (χ0) is 22.0. The Morgan fingerprint density at radius 2 is 1.63 bits per heavy atom. The third-order valence-electron chi connectivity index (χ3n) is 7.81. The molecule has 0 aromatic carbocycles. The van der Waals surface area contributed by atoms with Crippen LogP contribution in [-0.2, 0) is 9.47 Å². The minimum atomic E-state index is -0.0794. The molecule has 0 aromatic heterocycles. The number of ether oxygens (including phenoxy) is 2. The molecule has 0 bridgehead atoms. The Morgan fingerprint density at radius 3 is 2.20 bits per heavy atom. The molecule has 176 valence electrons. The third-order valence-corrected chi connectivity index (χ3v) is 7.81. The van der Waals surface area contributed by atoms with Gasteiger partial charge in [0.05, 0.1) is 23.9 Å². The van der Waals surface area contributed by atoms with E-state index >= 15 is 0 Å². The fourth-order valence-corrected chi connectivity index (χ4v) is 5.33. The Bertz CT molecular complexity index is 533. The first-order valence-corrected chi connectivity index (χ1v) is 12.5. The summed E-state index contributed by atoms with van der Waals surface area (Å²) in [6.45, 7) is 17.8. The molecule has 30 heavy (non-hydrogen) atoms. The van der Waals surface area contributed by atoms with Gasteiger partial charge in [0.2, 0.25) is 0 Å². The standard InChI is InChI=1S/C25H49N3O2/c1-23(2,3)29-20-25(12-9-13-25)27(7)15-14-24(4,5)30-22-11-8-10-21(22)28-18-16-26(6)17-19-28/h21-22H,8-20H2,1-7H3. The number of piperazine rings is 1. The van der Waals surface area contributed by atoms with E-state index < -0.39 is 0 Å². The van der Waals surface area contributed by atoms with Crippen molar-refractivity contribution >= 4 is 0 Å². The van der Waals surface area contributed by atoms with Crippen LogP contribution in [0.1, 0.15) is 79.6 Å². The molecule has 0 spiro atoms. The first kappa shape index (κ1) is 24.4. The van der Waals surface area contributed by atoms with Crippen LogP contribution in [0.25, 0.3) is 0 Å².